The average Bonchev–Trinajstić information content (AvgIpc) is 2.38. The smallest absolute Gasteiger partial charge is 0.407 e. The second-order valence-corrected chi connectivity index (χ2v) is 4.75. The van der Waals surface area contributed by atoms with Crippen molar-refractivity contribution in [2.75, 3.05) is 0 Å². The number of alkyl halides is 3. The highest BCUT2D eigenvalue weighted by molar-refractivity contribution is 5.73. The number of rotatable bonds is 6. The van der Waals surface area contributed by atoms with Gasteiger partial charge in [-0.2, -0.15) is 13.2 Å². The molecule has 20 heavy (non-hydrogen) atoms. The molecule has 3 nitrogen and oxygen atoms in total. The monoisotopic (exact) mass is 289 g/mol. The molecular formula is C14H18F3NO2. The minimum absolute atomic E-state index is 0.00885. The Morgan fingerprint density at radius 1 is 1.30 bits per heavy atom. The van der Waals surface area contributed by atoms with E-state index in [1.54, 1.807) is 19.9 Å². The molecule has 1 aromatic rings. The number of nitrogens with one attached hydrogen (secondary N) is 1. The Bertz CT molecular complexity index is 434. The molecule has 0 fully saturated rings. The standard InChI is InChI=1S/C14H18F3NO2/c1-3-9(2)11(13(19)20)18-12(14(15,16)17)10-7-5-4-6-8-10/h4-9,11-12,18H,3H2,1-2H3,(H,19,20)/t9-,11-,12-/m0/s1. The lowest BCUT2D eigenvalue weighted by molar-refractivity contribution is -0.164. The Morgan fingerprint density at radius 3 is 2.25 bits per heavy atom. The largest absolute Gasteiger partial charge is 0.480 e. The molecule has 1 aromatic carbocycles. The maximum absolute atomic E-state index is 13.1. The molecular weight excluding hydrogens is 271 g/mol. The fraction of sp³-hybridized carbons (Fsp3) is 0.500. The van der Waals surface area contributed by atoms with Crippen LogP contribution < -0.4 is 5.32 Å². The van der Waals surface area contributed by atoms with E-state index in [9.17, 15) is 18.0 Å². The number of aliphatic carboxylic acids is 1. The van der Waals surface area contributed by atoms with Crippen molar-refractivity contribution in [3.8, 4) is 0 Å². The van der Waals surface area contributed by atoms with Gasteiger partial charge in [0, 0.05) is 0 Å². The van der Waals surface area contributed by atoms with Gasteiger partial charge in [0.25, 0.3) is 0 Å². The van der Waals surface area contributed by atoms with Crippen molar-refractivity contribution in [3.05, 3.63) is 35.9 Å². The first-order chi connectivity index (χ1) is 9.27. The van der Waals surface area contributed by atoms with Crippen LogP contribution >= 0.6 is 0 Å². The number of carbonyl (C=O) groups is 1. The lowest BCUT2D eigenvalue weighted by atomic mass is 9.96. The van der Waals surface area contributed by atoms with Crippen molar-refractivity contribution < 1.29 is 23.1 Å². The summed E-state index contributed by atoms with van der Waals surface area (Å²) in [6, 6.07) is 4.04. The van der Waals surface area contributed by atoms with Crippen molar-refractivity contribution in [2.45, 2.75) is 38.5 Å². The molecule has 3 atom stereocenters. The van der Waals surface area contributed by atoms with Gasteiger partial charge in [0.05, 0.1) is 0 Å². The van der Waals surface area contributed by atoms with Gasteiger partial charge in [-0.25, -0.2) is 0 Å². The predicted octanol–water partition coefficient (Wildman–Crippen LogP) is 3.38. The summed E-state index contributed by atoms with van der Waals surface area (Å²) in [6.07, 6.45) is -4.08. The zero-order chi connectivity index (χ0) is 15.3. The van der Waals surface area contributed by atoms with Crippen LogP contribution in [0.4, 0.5) is 13.2 Å². The van der Waals surface area contributed by atoms with Gasteiger partial charge in [-0.15, -0.1) is 0 Å². The van der Waals surface area contributed by atoms with Crippen molar-refractivity contribution >= 4 is 5.97 Å². The average molecular weight is 289 g/mol. The van der Waals surface area contributed by atoms with Gasteiger partial charge in [0.15, 0.2) is 0 Å². The molecule has 112 valence electrons. The lowest BCUT2D eigenvalue weighted by Crippen LogP contribution is -2.47. The molecule has 2 N–H and O–H groups in total. The maximum Gasteiger partial charge on any atom is 0.407 e. The van der Waals surface area contributed by atoms with E-state index in [0.717, 1.165) is 0 Å². The van der Waals surface area contributed by atoms with Crippen molar-refractivity contribution in [1.29, 1.82) is 0 Å². The summed E-state index contributed by atoms with van der Waals surface area (Å²) in [6.45, 7) is 3.36. The lowest BCUT2D eigenvalue weighted by Gasteiger charge is -2.28. The molecule has 0 saturated carbocycles. The molecule has 0 heterocycles. The van der Waals surface area contributed by atoms with E-state index in [4.69, 9.17) is 5.11 Å². The Labute approximate surface area is 115 Å². The summed E-state index contributed by atoms with van der Waals surface area (Å²) in [7, 11) is 0. The van der Waals surface area contributed by atoms with Crippen molar-refractivity contribution in [2.24, 2.45) is 5.92 Å². The highest BCUT2D eigenvalue weighted by Gasteiger charge is 2.43. The zero-order valence-electron chi connectivity index (χ0n) is 11.3. The number of hydrogen-bond acceptors (Lipinski definition) is 2. The third kappa shape index (κ3) is 4.23. The van der Waals surface area contributed by atoms with Gasteiger partial charge in [-0.1, -0.05) is 50.6 Å². The molecule has 0 aliphatic rings. The van der Waals surface area contributed by atoms with Gasteiger partial charge in [0.1, 0.15) is 12.1 Å². The van der Waals surface area contributed by atoms with Gasteiger partial charge >= 0.3 is 12.1 Å². The van der Waals surface area contributed by atoms with E-state index in [1.807, 2.05) is 0 Å². The number of halogens is 3. The Morgan fingerprint density at radius 2 is 1.85 bits per heavy atom. The summed E-state index contributed by atoms with van der Waals surface area (Å²) >= 11 is 0. The van der Waals surface area contributed by atoms with Gasteiger partial charge in [-0.3, -0.25) is 10.1 Å². The maximum atomic E-state index is 13.1. The summed E-state index contributed by atoms with van der Waals surface area (Å²) in [5.74, 6) is -1.68. The molecule has 0 aromatic heterocycles. The summed E-state index contributed by atoms with van der Waals surface area (Å²) in [5.41, 5.74) is 0.00885. The quantitative estimate of drug-likeness (QED) is 0.844. The second kappa shape index (κ2) is 6.74. The molecule has 1 rings (SSSR count). The minimum atomic E-state index is -4.55. The van der Waals surface area contributed by atoms with Gasteiger partial charge < -0.3 is 5.11 Å². The van der Waals surface area contributed by atoms with Crippen LogP contribution in [0, 0.1) is 5.92 Å². The Kier molecular flexibility index (Phi) is 5.56. The summed E-state index contributed by atoms with van der Waals surface area (Å²) in [5, 5.41) is 11.3. The second-order valence-electron chi connectivity index (χ2n) is 4.75. The molecule has 0 amide bonds. The summed E-state index contributed by atoms with van der Waals surface area (Å²) in [4.78, 5) is 11.2. The molecule has 0 bridgehead atoms. The highest BCUT2D eigenvalue weighted by atomic mass is 19.4. The molecule has 0 spiro atoms. The molecule has 0 saturated heterocycles. The third-order valence-corrected chi connectivity index (χ3v) is 3.29. The van der Waals surface area contributed by atoms with Crippen LogP contribution in [-0.4, -0.2) is 23.3 Å². The van der Waals surface area contributed by atoms with Gasteiger partial charge in [0.2, 0.25) is 0 Å². The molecule has 0 aliphatic heterocycles. The fourth-order valence-corrected chi connectivity index (χ4v) is 1.92. The Hall–Kier alpha value is -1.56. The van der Waals surface area contributed by atoms with Crippen LogP contribution in [0.25, 0.3) is 0 Å². The van der Waals surface area contributed by atoms with Crippen LogP contribution in [0.5, 0.6) is 0 Å². The normalized spacial score (nSPS) is 16.4. The first-order valence-corrected chi connectivity index (χ1v) is 6.37. The SMILES string of the molecule is CC[C@H](C)[C@H](N[C@@H](c1ccccc1)C(F)(F)F)C(=O)O. The Balaban J connectivity index is 3.04. The van der Waals surface area contributed by atoms with Crippen molar-refractivity contribution in [3.63, 3.8) is 0 Å². The number of carboxylic acid groups (broad SMARTS) is 1. The molecule has 0 aliphatic carbocycles. The van der Waals surface area contributed by atoms with E-state index in [2.05, 4.69) is 5.32 Å². The van der Waals surface area contributed by atoms with Gasteiger partial charge in [-0.05, 0) is 11.5 Å². The molecule has 0 radical (unpaired) electrons. The van der Waals surface area contributed by atoms with Crippen LogP contribution in [0.2, 0.25) is 0 Å². The zero-order valence-corrected chi connectivity index (χ0v) is 11.3. The van der Waals surface area contributed by atoms with Crippen LogP contribution in [0.1, 0.15) is 31.9 Å². The third-order valence-electron chi connectivity index (χ3n) is 3.29. The number of carboxylic acids is 1. The van der Waals surface area contributed by atoms with E-state index < -0.39 is 30.1 Å². The summed E-state index contributed by atoms with van der Waals surface area (Å²) < 4.78 is 39.4. The minimum Gasteiger partial charge on any atom is -0.480 e. The van der Waals surface area contributed by atoms with Crippen LogP contribution in [0.15, 0.2) is 30.3 Å². The van der Waals surface area contributed by atoms with Crippen LogP contribution in [0.3, 0.4) is 0 Å². The highest BCUT2D eigenvalue weighted by Crippen LogP contribution is 2.33. The predicted molar refractivity (Wildman–Crippen MR) is 69.3 cm³/mol. The molecule has 6 heteroatoms. The van der Waals surface area contributed by atoms with E-state index >= 15 is 0 Å². The number of benzene rings is 1. The van der Waals surface area contributed by atoms with E-state index in [0.29, 0.717) is 6.42 Å². The van der Waals surface area contributed by atoms with E-state index in [-0.39, 0.29) is 5.56 Å². The first-order valence-electron chi connectivity index (χ1n) is 6.37. The number of hydrogen-bond donors (Lipinski definition) is 2. The van der Waals surface area contributed by atoms with E-state index in [1.165, 1.54) is 24.3 Å². The van der Waals surface area contributed by atoms with Crippen molar-refractivity contribution in [1.82, 2.24) is 5.32 Å². The first kappa shape index (κ1) is 16.5. The topological polar surface area (TPSA) is 49.3 Å². The molecule has 0 unspecified atom stereocenters. The van der Waals surface area contributed by atoms with Crippen LogP contribution in [-0.2, 0) is 4.79 Å². The fourth-order valence-electron chi connectivity index (χ4n) is 1.92.